The van der Waals surface area contributed by atoms with E-state index in [4.69, 9.17) is 4.42 Å². The molecule has 0 aliphatic heterocycles. The van der Waals surface area contributed by atoms with Gasteiger partial charge in [-0.1, -0.05) is 11.8 Å². The molecule has 0 radical (unpaired) electrons. The summed E-state index contributed by atoms with van der Waals surface area (Å²) in [6.45, 7) is 0. The molecule has 3 aromatic heterocycles. The van der Waals surface area contributed by atoms with Crippen molar-refractivity contribution in [3.63, 3.8) is 0 Å². The summed E-state index contributed by atoms with van der Waals surface area (Å²) in [5.41, 5.74) is 0. The van der Waals surface area contributed by atoms with Gasteiger partial charge in [0.25, 0.3) is 5.89 Å². The maximum atomic E-state index is 5.70. The van der Waals surface area contributed by atoms with Crippen LogP contribution in [0.15, 0.2) is 25.5 Å². The molecule has 3 aromatic rings. The summed E-state index contributed by atoms with van der Waals surface area (Å²) < 4.78 is 8.81. The lowest BCUT2D eigenvalue weighted by molar-refractivity contribution is 0.529. The summed E-state index contributed by atoms with van der Waals surface area (Å²) in [4.78, 5) is 0.963. The molecule has 114 valence electrons. The summed E-state index contributed by atoms with van der Waals surface area (Å²) in [6.07, 6.45) is 2.44. The van der Waals surface area contributed by atoms with Gasteiger partial charge in [0.2, 0.25) is 5.89 Å². The normalized spacial score (nSPS) is 14.6. The van der Waals surface area contributed by atoms with Gasteiger partial charge in [0.15, 0.2) is 5.16 Å². The lowest BCUT2D eigenvalue weighted by Gasteiger charge is -2.00. The third kappa shape index (κ3) is 2.84. The van der Waals surface area contributed by atoms with Crippen molar-refractivity contribution in [3.8, 4) is 10.8 Å². The van der Waals surface area contributed by atoms with E-state index in [2.05, 4.69) is 40.9 Å². The number of aromatic nitrogens is 5. The molecule has 9 heteroatoms. The Balaban J connectivity index is 1.45. The first-order valence-corrected chi connectivity index (χ1v) is 9.40. The molecule has 0 spiro atoms. The zero-order chi connectivity index (χ0) is 15.1. The maximum Gasteiger partial charge on any atom is 0.257 e. The number of halogens is 1. The molecule has 0 saturated heterocycles. The Morgan fingerprint density at radius 1 is 1.32 bits per heavy atom. The predicted molar refractivity (Wildman–Crippen MR) is 87.9 cm³/mol. The van der Waals surface area contributed by atoms with Crippen molar-refractivity contribution < 1.29 is 4.42 Å². The highest BCUT2D eigenvalue weighted by Gasteiger charge is 2.29. The van der Waals surface area contributed by atoms with E-state index in [0.29, 0.717) is 23.5 Å². The minimum atomic E-state index is 0.558. The fraction of sp³-hybridized carbons (Fsp3) is 0.385. The van der Waals surface area contributed by atoms with Crippen LogP contribution in [0.5, 0.6) is 0 Å². The van der Waals surface area contributed by atoms with E-state index in [0.717, 1.165) is 19.6 Å². The second-order valence-electron chi connectivity index (χ2n) is 5.07. The SMILES string of the molecule is Cn1c(SCc2nnc(-c3ccc(Br)s3)o2)nnc1C1CC1. The summed E-state index contributed by atoms with van der Waals surface area (Å²) in [7, 11) is 2.01. The smallest absolute Gasteiger partial charge is 0.257 e. The lowest BCUT2D eigenvalue weighted by Crippen LogP contribution is -1.97. The van der Waals surface area contributed by atoms with Crippen LogP contribution in [-0.4, -0.2) is 25.0 Å². The second kappa shape index (κ2) is 5.78. The van der Waals surface area contributed by atoms with Crippen molar-refractivity contribution in [1.29, 1.82) is 0 Å². The highest BCUT2D eigenvalue weighted by Crippen LogP contribution is 2.39. The van der Waals surface area contributed by atoms with E-state index in [1.54, 1.807) is 23.1 Å². The molecule has 6 nitrogen and oxygen atoms in total. The van der Waals surface area contributed by atoms with Crippen LogP contribution in [0.4, 0.5) is 0 Å². The van der Waals surface area contributed by atoms with Crippen LogP contribution in [0, 0.1) is 0 Å². The highest BCUT2D eigenvalue weighted by atomic mass is 79.9. The van der Waals surface area contributed by atoms with Crippen LogP contribution >= 0.6 is 39.0 Å². The average molecular weight is 398 g/mol. The molecule has 0 unspecified atom stereocenters. The number of hydrogen-bond acceptors (Lipinski definition) is 7. The van der Waals surface area contributed by atoms with Gasteiger partial charge in [0.05, 0.1) is 14.4 Å². The van der Waals surface area contributed by atoms with Crippen LogP contribution in [0.1, 0.15) is 30.5 Å². The van der Waals surface area contributed by atoms with E-state index in [9.17, 15) is 0 Å². The van der Waals surface area contributed by atoms with Crippen molar-refractivity contribution in [2.75, 3.05) is 0 Å². The molecule has 0 bridgehead atoms. The molecule has 1 aliphatic carbocycles. The first kappa shape index (κ1) is 14.4. The van der Waals surface area contributed by atoms with Gasteiger partial charge in [0, 0.05) is 13.0 Å². The third-order valence-corrected chi connectivity index (χ3v) is 6.00. The van der Waals surface area contributed by atoms with Gasteiger partial charge in [0.1, 0.15) is 5.82 Å². The van der Waals surface area contributed by atoms with Gasteiger partial charge in [-0.25, -0.2) is 0 Å². The van der Waals surface area contributed by atoms with Crippen LogP contribution in [-0.2, 0) is 12.8 Å². The molecular weight excluding hydrogens is 386 g/mol. The number of thiophene rings is 1. The molecule has 3 heterocycles. The topological polar surface area (TPSA) is 69.6 Å². The van der Waals surface area contributed by atoms with Crippen LogP contribution in [0.25, 0.3) is 10.8 Å². The quantitative estimate of drug-likeness (QED) is 0.608. The third-order valence-electron chi connectivity index (χ3n) is 3.39. The van der Waals surface area contributed by atoms with Crippen LogP contribution < -0.4 is 0 Å². The number of nitrogens with zero attached hydrogens (tertiary/aromatic N) is 5. The van der Waals surface area contributed by atoms with Gasteiger partial charge >= 0.3 is 0 Å². The molecule has 1 aliphatic rings. The average Bonchev–Trinajstić information content (AvgIpc) is 2.92. The monoisotopic (exact) mass is 397 g/mol. The molecule has 0 N–H and O–H groups in total. The Hall–Kier alpha value is -1.19. The maximum absolute atomic E-state index is 5.70. The Labute approximate surface area is 143 Å². The van der Waals surface area contributed by atoms with E-state index >= 15 is 0 Å². The Morgan fingerprint density at radius 3 is 2.91 bits per heavy atom. The van der Waals surface area contributed by atoms with Crippen molar-refractivity contribution in [2.45, 2.75) is 29.7 Å². The fourth-order valence-electron chi connectivity index (χ4n) is 2.12. The van der Waals surface area contributed by atoms with Crippen molar-refractivity contribution in [1.82, 2.24) is 25.0 Å². The van der Waals surface area contributed by atoms with Gasteiger partial charge in [-0.15, -0.1) is 31.7 Å². The molecular formula is C13H12BrN5OS2. The summed E-state index contributed by atoms with van der Waals surface area (Å²) in [5, 5.41) is 17.6. The second-order valence-corrected chi connectivity index (χ2v) is 8.47. The Bertz CT molecular complexity index is 807. The number of rotatable bonds is 5. The summed E-state index contributed by atoms with van der Waals surface area (Å²) >= 11 is 6.57. The van der Waals surface area contributed by atoms with Gasteiger partial charge in [-0.2, -0.15) is 0 Å². The van der Waals surface area contributed by atoms with E-state index in [1.807, 2.05) is 19.2 Å². The van der Waals surface area contributed by atoms with E-state index < -0.39 is 0 Å². The molecule has 1 fully saturated rings. The molecule has 1 saturated carbocycles. The Morgan fingerprint density at radius 2 is 2.18 bits per heavy atom. The molecule has 0 atom stereocenters. The fourth-order valence-corrected chi connectivity index (χ4v) is 4.18. The first-order valence-electron chi connectivity index (χ1n) is 6.81. The van der Waals surface area contributed by atoms with Crippen molar-refractivity contribution in [2.24, 2.45) is 7.05 Å². The van der Waals surface area contributed by atoms with E-state index in [1.165, 1.54) is 12.8 Å². The van der Waals surface area contributed by atoms with Crippen molar-refractivity contribution >= 4 is 39.0 Å². The molecule has 4 rings (SSSR count). The number of hydrogen-bond donors (Lipinski definition) is 0. The lowest BCUT2D eigenvalue weighted by atomic mass is 10.4. The van der Waals surface area contributed by atoms with E-state index in [-0.39, 0.29) is 0 Å². The van der Waals surface area contributed by atoms with Gasteiger partial charge in [-0.3, -0.25) is 0 Å². The zero-order valence-corrected chi connectivity index (χ0v) is 14.9. The molecule has 0 aromatic carbocycles. The van der Waals surface area contributed by atoms with Crippen LogP contribution in [0.2, 0.25) is 0 Å². The van der Waals surface area contributed by atoms with Crippen molar-refractivity contribution in [3.05, 3.63) is 27.6 Å². The highest BCUT2D eigenvalue weighted by molar-refractivity contribution is 9.11. The zero-order valence-electron chi connectivity index (χ0n) is 11.7. The standard InChI is InChI=1S/C13H12BrN5OS2/c1-19-11(7-2-3-7)16-18-13(19)21-6-10-15-17-12(20-10)8-4-5-9(14)22-8/h4-5,7H,2-3,6H2,1H3. The Kier molecular flexibility index (Phi) is 3.79. The summed E-state index contributed by atoms with van der Waals surface area (Å²) in [5.74, 6) is 3.43. The minimum absolute atomic E-state index is 0.558. The van der Waals surface area contributed by atoms with Gasteiger partial charge in [-0.05, 0) is 40.9 Å². The largest absolute Gasteiger partial charge is 0.419 e. The first-order chi connectivity index (χ1) is 10.7. The number of thioether (sulfide) groups is 1. The minimum Gasteiger partial charge on any atom is -0.419 e. The molecule has 0 amide bonds. The van der Waals surface area contributed by atoms with Gasteiger partial charge < -0.3 is 8.98 Å². The predicted octanol–water partition coefficient (Wildman–Crippen LogP) is 3.86. The van der Waals surface area contributed by atoms with Crippen LogP contribution in [0.3, 0.4) is 0 Å². The summed E-state index contributed by atoms with van der Waals surface area (Å²) in [6, 6.07) is 3.93. The molecule has 22 heavy (non-hydrogen) atoms.